The smallest absolute Gasteiger partial charge is 0.0233 e. The maximum absolute atomic E-state index is 3.90. The van der Waals surface area contributed by atoms with Gasteiger partial charge in [-0.15, -0.1) is 6.58 Å². The van der Waals surface area contributed by atoms with Crippen LogP contribution in [-0.2, 0) is 0 Å². The second kappa shape index (κ2) is 5.18. The van der Waals surface area contributed by atoms with Crippen molar-refractivity contribution in [1.29, 1.82) is 0 Å². The molecule has 1 aliphatic carbocycles. The average molecular weight is 164 g/mol. The van der Waals surface area contributed by atoms with Gasteiger partial charge in [-0.2, -0.15) is 0 Å². The first-order valence-electron chi connectivity index (χ1n) is 5.10. The summed E-state index contributed by atoms with van der Waals surface area (Å²) in [6.07, 6.45) is 13.3. The first-order chi connectivity index (χ1) is 5.83. The van der Waals surface area contributed by atoms with Gasteiger partial charge in [0.15, 0.2) is 0 Å². The van der Waals surface area contributed by atoms with Gasteiger partial charge in [-0.25, -0.2) is 0 Å². The van der Waals surface area contributed by atoms with Crippen molar-refractivity contribution < 1.29 is 0 Å². The molecule has 0 aromatic rings. The van der Waals surface area contributed by atoms with Crippen LogP contribution in [0.1, 0.15) is 39.0 Å². The third-order valence-electron chi connectivity index (χ3n) is 2.69. The number of hydrogen-bond donors (Lipinski definition) is 0. The van der Waals surface area contributed by atoms with E-state index in [1.54, 1.807) is 0 Å². The van der Waals surface area contributed by atoms with E-state index in [0.717, 1.165) is 11.8 Å². The average Bonchev–Trinajstić information content (AvgIpc) is 2.16. The topological polar surface area (TPSA) is 0 Å². The summed E-state index contributed by atoms with van der Waals surface area (Å²) in [6.45, 7) is 6.24. The van der Waals surface area contributed by atoms with Gasteiger partial charge in [-0.3, -0.25) is 0 Å². The van der Waals surface area contributed by atoms with Crippen molar-refractivity contribution in [2.24, 2.45) is 11.8 Å². The Balaban J connectivity index is 2.44. The first-order valence-corrected chi connectivity index (χ1v) is 5.10. The van der Waals surface area contributed by atoms with Crippen molar-refractivity contribution in [2.45, 2.75) is 39.0 Å². The molecule has 0 spiro atoms. The highest BCUT2D eigenvalue weighted by molar-refractivity contribution is 4.89. The summed E-state index contributed by atoms with van der Waals surface area (Å²) < 4.78 is 0. The van der Waals surface area contributed by atoms with Crippen LogP contribution in [0.5, 0.6) is 0 Å². The van der Waals surface area contributed by atoms with Crippen LogP contribution < -0.4 is 0 Å². The summed E-state index contributed by atoms with van der Waals surface area (Å²) in [5.41, 5.74) is 0. The van der Waals surface area contributed by atoms with Gasteiger partial charge in [0.1, 0.15) is 0 Å². The molecule has 68 valence electrons. The van der Waals surface area contributed by atoms with Crippen molar-refractivity contribution >= 4 is 0 Å². The predicted octanol–water partition coefficient (Wildman–Crippen LogP) is 3.95. The van der Waals surface area contributed by atoms with Crippen LogP contribution in [0, 0.1) is 11.8 Å². The maximum Gasteiger partial charge on any atom is -0.0233 e. The van der Waals surface area contributed by atoms with E-state index in [9.17, 15) is 0 Å². The lowest BCUT2D eigenvalue weighted by molar-refractivity contribution is 0.428. The molecule has 2 atom stereocenters. The van der Waals surface area contributed by atoms with Crippen LogP contribution in [-0.4, -0.2) is 0 Å². The zero-order chi connectivity index (χ0) is 8.81. The van der Waals surface area contributed by atoms with Crippen molar-refractivity contribution in [1.82, 2.24) is 0 Å². The molecule has 0 heteroatoms. The van der Waals surface area contributed by atoms with Gasteiger partial charge >= 0.3 is 0 Å². The van der Waals surface area contributed by atoms with Gasteiger partial charge < -0.3 is 0 Å². The molecule has 2 unspecified atom stereocenters. The highest BCUT2D eigenvalue weighted by Crippen LogP contribution is 2.23. The Morgan fingerprint density at radius 3 is 3.00 bits per heavy atom. The normalized spacial score (nSPS) is 31.8. The van der Waals surface area contributed by atoms with E-state index >= 15 is 0 Å². The molecule has 0 amide bonds. The Morgan fingerprint density at radius 1 is 1.42 bits per heavy atom. The zero-order valence-electron chi connectivity index (χ0n) is 8.13. The van der Waals surface area contributed by atoms with Gasteiger partial charge in [-0.1, -0.05) is 25.2 Å². The minimum atomic E-state index is 0.764. The van der Waals surface area contributed by atoms with Gasteiger partial charge in [0.05, 0.1) is 0 Å². The molecule has 0 radical (unpaired) electrons. The highest BCUT2D eigenvalue weighted by Gasteiger charge is 2.09. The number of rotatable bonds is 1. The summed E-state index contributed by atoms with van der Waals surface area (Å²) in [6, 6.07) is 0. The monoisotopic (exact) mass is 164 g/mol. The van der Waals surface area contributed by atoms with Gasteiger partial charge in [-0.05, 0) is 43.9 Å². The molecule has 0 nitrogen and oxygen atoms in total. The lowest BCUT2D eigenvalue weighted by Crippen LogP contribution is -2.02. The highest BCUT2D eigenvalue weighted by atomic mass is 14.1. The van der Waals surface area contributed by atoms with E-state index in [4.69, 9.17) is 0 Å². The van der Waals surface area contributed by atoms with Crippen LogP contribution in [0.4, 0.5) is 0 Å². The van der Waals surface area contributed by atoms with Crippen molar-refractivity contribution in [2.75, 3.05) is 0 Å². The SMILES string of the molecule is C=CC1CCCC=CCC(C)C1. The Morgan fingerprint density at radius 2 is 2.25 bits per heavy atom. The second-order valence-corrected chi connectivity index (χ2v) is 3.97. The Bertz CT molecular complexity index is 155. The Kier molecular flexibility index (Phi) is 4.13. The molecule has 0 fully saturated rings. The fraction of sp³-hybridized carbons (Fsp3) is 0.667. The molecule has 0 saturated carbocycles. The standard InChI is InChI=1S/C12H20/c1-3-12-9-7-5-4-6-8-11(2)10-12/h3-4,6,11-12H,1,5,7-10H2,2H3. The minimum absolute atomic E-state index is 0.764. The molecular formula is C12H20. The molecule has 0 N–H and O–H groups in total. The number of hydrogen-bond acceptors (Lipinski definition) is 0. The predicted molar refractivity (Wildman–Crippen MR) is 55.1 cm³/mol. The molecule has 0 saturated heterocycles. The molecule has 0 aromatic carbocycles. The van der Waals surface area contributed by atoms with E-state index in [-0.39, 0.29) is 0 Å². The number of allylic oxidation sites excluding steroid dienone is 3. The quantitative estimate of drug-likeness (QED) is 0.515. The van der Waals surface area contributed by atoms with Crippen molar-refractivity contribution in [3.63, 3.8) is 0 Å². The van der Waals surface area contributed by atoms with E-state index in [0.29, 0.717) is 0 Å². The summed E-state index contributed by atoms with van der Waals surface area (Å²) >= 11 is 0. The van der Waals surface area contributed by atoms with Crippen LogP contribution >= 0.6 is 0 Å². The first kappa shape index (κ1) is 9.57. The Hall–Kier alpha value is -0.520. The third kappa shape index (κ3) is 3.25. The summed E-state index contributed by atoms with van der Waals surface area (Å²) in [5, 5.41) is 0. The molecule has 1 rings (SSSR count). The van der Waals surface area contributed by atoms with E-state index in [1.807, 2.05) is 0 Å². The molecule has 0 aliphatic heterocycles. The molecular weight excluding hydrogens is 144 g/mol. The van der Waals surface area contributed by atoms with Crippen molar-refractivity contribution in [3.8, 4) is 0 Å². The second-order valence-electron chi connectivity index (χ2n) is 3.97. The lowest BCUT2D eigenvalue weighted by atomic mass is 9.91. The third-order valence-corrected chi connectivity index (χ3v) is 2.69. The van der Waals surface area contributed by atoms with Crippen LogP contribution in [0.15, 0.2) is 24.8 Å². The fourth-order valence-electron chi connectivity index (χ4n) is 1.89. The van der Waals surface area contributed by atoms with Gasteiger partial charge in [0, 0.05) is 0 Å². The van der Waals surface area contributed by atoms with E-state index in [1.165, 1.54) is 32.1 Å². The van der Waals surface area contributed by atoms with Crippen molar-refractivity contribution in [3.05, 3.63) is 24.8 Å². The maximum atomic E-state index is 3.90. The molecule has 0 heterocycles. The lowest BCUT2D eigenvalue weighted by Gasteiger charge is -2.15. The molecule has 0 aromatic heterocycles. The zero-order valence-corrected chi connectivity index (χ0v) is 8.13. The van der Waals surface area contributed by atoms with Crippen LogP contribution in [0.25, 0.3) is 0 Å². The van der Waals surface area contributed by atoms with E-state index in [2.05, 4.69) is 31.7 Å². The van der Waals surface area contributed by atoms with Gasteiger partial charge in [0.25, 0.3) is 0 Å². The van der Waals surface area contributed by atoms with E-state index < -0.39 is 0 Å². The molecule has 12 heavy (non-hydrogen) atoms. The van der Waals surface area contributed by atoms with Crippen LogP contribution in [0.2, 0.25) is 0 Å². The van der Waals surface area contributed by atoms with Crippen LogP contribution in [0.3, 0.4) is 0 Å². The fourth-order valence-corrected chi connectivity index (χ4v) is 1.89. The molecule has 1 aliphatic rings. The largest absolute Gasteiger partial charge is 0.103 e. The van der Waals surface area contributed by atoms with Gasteiger partial charge in [0.2, 0.25) is 0 Å². The summed E-state index contributed by atoms with van der Waals surface area (Å²) in [4.78, 5) is 0. The molecule has 0 bridgehead atoms. The summed E-state index contributed by atoms with van der Waals surface area (Å²) in [7, 11) is 0. The minimum Gasteiger partial charge on any atom is -0.103 e. The summed E-state index contributed by atoms with van der Waals surface area (Å²) in [5.74, 6) is 1.60. The Labute approximate surface area is 76.4 Å².